The number of carbonyl (C=O) groups excluding carboxylic acids is 2. The Hall–Kier alpha value is -2.96. The van der Waals surface area contributed by atoms with Gasteiger partial charge in [-0.05, 0) is 29.8 Å². The Labute approximate surface area is 203 Å². The molecule has 1 heterocycles. The smallest absolute Gasteiger partial charge is 0.241 e. The monoisotopic (exact) mass is 480 g/mol. The third-order valence-electron chi connectivity index (χ3n) is 5.72. The van der Waals surface area contributed by atoms with Crippen LogP contribution < -0.4 is 15.0 Å². The van der Waals surface area contributed by atoms with Crippen LogP contribution in [0.15, 0.2) is 77.7 Å². The van der Waals surface area contributed by atoms with Gasteiger partial charge < -0.3 is 15.0 Å². The Bertz CT molecular complexity index is 1170. The molecule has 1 aliphatic heterocycles. The average Bonchev–Trinajstić information content (AvgIpc) is 2.85. The number of thioether (sulfide) groups is 1. The molecule has 1 N–H and O–H groups in total. The van der Waals surface area contributed by atoms with Gasteiger partial charge in [0.2, 0.25) is 11.8 Å². The summed E-state index contributed by atoms with van der Waals surface area (Å²) in [5.74, 6) is -0.0879. The summed E-state index contributed by atoms with van der Waals surface area (Å²) in [5, 5.41) is 3.03. The van der Waals surface area contributed by atoms with Crippen molar-refractivity contribution in [2.75, 3.05) is 12.0 Å². The normalized spacial score (nSPS) is 16.2. The van der Waals surface area contributed by atoms with Crippen molar-refractivity contribution >= 4 is 40.9 Å². The first-order chi connectivity index (χ1) is 16.0. The van der Waals surface area contributed by atoms with Crippen LogP contribution in [0.4, 0.5) is 5.69 Å². The summed E-state index contributed by atoms with van der Waals surface area (Å²) in [6, 6.07) is 22.8. The van der Waals surface area contributed by atoms with Crippen LogP contribution >= 0.6 is 23.4 Å². The number of carbonyl (C=O) groups is 2. The molecule has 5 nitrogen and oxygen atoms in total. The zero-order valence-corrected chi connectivity index (χ0v) is 20.0. The molecular weight excluding hydrogens is 456 g/mol. The average molecular weight is 481 g/mol. The van der Waals surface area contributed by atoms with Crippen LogP contribution in [0.2, 0.25) is 5.02 Å². The molecule has 2 amide bonds. The van der Waals surface area contributed by atoms with Crippen molar-refractivity contribution in [3.63, 3.8) is 0 Å². The van der Waals surface area contributed by atoms with E-state index in [9.17, 15) is 9.59 Å². The predicted octanol–water partition coefficient (Wildman–Crippen LogP) is 5.31. The number of amides is 2. The molecule has 0 saturated heterocycles. The molecule has 0 aromatic heterocycles. The number of benzene rings is 3. The number of nitrogens with one attached hydrogen (secondary N) is 1. The largest absolute Gasteiger partial charge is 0.496 e. The van der Waals surface area contributed by atoms with Crippen LogP contribution in [-0.4, -0.2) is 24.2 Å². The minimum Gasteiger partial charge on any atom is -0.496 e. The summed E-state index contributed by atoms with van der Waals surface area (Å²) < 4.78 is 5.36. The summed E-state index contributed by atoms with van der Waals surface area (Å²) in [4.78, 5) is 29.3. The van der Waals surface area contributed by atoms with Crippen molar-refractivity contribution in [3.8, 4) is 5.75 Å². The molecule has 33 heavy (non-hydrogen) atoms. The Morgan fingerprint density at radius 1 is 1.06 bits per heavy atom. The second-order valence-corrected chi connectivity index (χ2v) is 9.43. The third-order valence-corrected chi connectivity index (χ3v) is 7.55. The number of ether oxygens (including phenoxy) is 1. The zero-order valence-electron chi connectivity index (χ0n) is 18.5. The van der Waals surface area contributed by atoms with Crippen molar-refractivity contribution in [2.45, 2.75) is 30.2 Å². The van der Waals surface area contributed by atoms with Crippen LogP contribution in [0.3, 0.4) is 0 Å². The van der Waals surface area contributed by atoms with Crippen molar-refractivity contribution in [1.82, 2.24) is 5.32 Å². The summed E-state index contributed by atoms with van der Waals surface area (Å²) >= 11 is 7.81. The van der Waals surface area contributed by atoms with Crippen molar-refractivity contribution in [2.24, 2.45) is 5.92 Å². The molecule has 0 radical (unpaired) electrons. The van der Waals surface area contributed by atoms with Gasteiger partial charge in [-0.15, -0.1) is 11.8 Å². The van der Waals surface area contributed by atoms with E-state index in [0.29, 0.717) is 23.9 Å². The van der Waals surface area contributed by atoms with Crippen LogP contribution in [0, 0.1) is 5.92 Å². The van der Waals surface area contributed by atoms with Gasteiger partial charge >= 0.3 is 0 Å². The molecule has 3 aromatic carbocycles. The molecule has 0 saturated carbocycles. The lowest BCUT2D eigenvalue weighted by Crippen LogP contribution is -2.47. The number of hydrogen-bond acceptors (Lipinski definition) is 4. The highest BCUT2D eigenvalue weighted by molar-refractivity contribution is 8.01. The summed E-state index contributed by atoms with van der Waals surface area (Å²) in [6.45, 7) is 2.48. The molecule has 4 rings (SSSR count). The van der Waals surface area contributed by atoms with Crippen LogP contribution in [-0.2, 0) is 22.7 Å². The van der Waals surface area contributed by atoms with E-state index < -0.39 is 11.2 Å². The second kappa shape index (κ2) is 10.3. The lowest BCUT2D eigenvalue weighted by atomic mass is 10.0. The van der Waals surface area contributed by atoms with Gasteiger partial charge in [0.15, 0.2) is 0 Å². The molecule has 7 heteroatoms. The second-order valence-electron chi connectivity index (χ2n) is 7.84. The molecule has 3 aromatic rings. The van der Waals surface area contributed by atoms with E-state index in [1.165, 1.54) is 11.8 Å². The molecular formula is C26H25ClN2O3S. The first-order valence-corrected chi connectivity index (χ1v) is 12.0. The van der Waals surface area contributed by atoms with Crippen LogP contribution in [0.25, 0.3) is 0 Å². The van der Waals surface area contributed by atoms with Gasteiger partial charge in [-0.25, -0.2) is 0 Å². The van der Waals surface area contributed by atoms with Crippen LogP contribution in [0.5, 0.6) is 5.75 Å². The summed E-state index contributed by atoms with van der Waals surface area (Å²) in [7, 11) is 1.60. The highest BCUT2D eigenvalue weighted by Crippen LogP contribution is 2.42. The standard InChI is InChI=1S/C26H25ClN2O3S/c1-17(25(30)28-15-18-9-4-7-13-22(18)32-2)24-26(31)29(16-19-10-3-5-11-20(19)27)21-12-6-8-14-23(21)33-24/h3-14,17,24H,15-16H2,1-2H3,(H,28,30)/t17-,24+/m0/s1. The maximum Gasteiger partial charge on any atom is 0.241 e. The maximum absolute atomic E-state index is 13.6. The SMILES string of the molecule is COc1ccccc1CNC(=O)[C@@H](C)[C@H]1Sc2ccccc2N(Cc2ccccc2Cl)C1=O. The quantitative estimate of drug-likeness (QED) is 0.498. The van der Waals surface area contributed by atoms with E-state index in [0.717, 1.165) is 21.7 Å². The predicted molar refractivity (Wildman–Crippen MR) is 133 cm³/mol. The number of anilines is 1. The number of halogens is 1. The molecule has 170 valence electrons. The fourth-order valence-electron chi connectivity index (χ4n) is 3.85. The van der Waals surface area contributed by atoms with E-state index in [4.69, 9.17) is 16.3 Å². The van der Waals surface area contributed by atoms with Gasteiger partial charge in [-0.2, -0.15) is 0 Å². The minimum absolute atomic E-state index is 0.0986. The molecule has 1 aliphatic rings. The molecule has 0 bridgehead atoms. The molecule has 0 aliphatic carbocycles. The van der Waals surface area contributed by atoms with Crippen molar-refractivity contribution < 1.29 is 14.3 Å². The van der Waals surface area contributed by atoms with E-state index in [2.05, 4.69) is 5.32 Å². The number of methoxy groups -OCH3 is 1. The Morgan fingerprint density at radius 2 is 1.73 bits per heavy atom. The van der Waals surface area contributed by atoms with Gasteiger partial charge in [-0.3, -0.25) is 9.59 Å². The van der Waals surface area contributed by atoms with Gasteiger partial charge in [0.05, 0.1) is 25.3 Å². The molecule has 2 atom stereocenters. The molecule has 0 fully saturated rings. The van der Waals surface area contributed by atoms with Gasteiger partial charge in [0.25, 0.3) is 0 Å². The Kier molecular flexibility index (Phi) is 7.26. The lowest BCUT2D eigenvalue weighted by molar-refractivity contribution is -0.128. The van der Waals surface area contributed by atoms with E-state index >= 15 is 0 Å². The fraction of sp³-hybridized carbons (Fsp3) is 0.231. The minimum atomic E-state index is -0.542. The van der Waals surface area contributed by atoms with Crippen molar-refractivity contribution in [3.05, 3.63) is 88.9 Å². The first-order valence-electron chi connectivity index (χ1n) is 10.7. The topological polar surface area (TPSA) is 58.6 Å². The van der Waals surface area contributed by atoms with Gasteiger partial charge in [-0.1, -0.05) is 67.1 Å². The number of hydrogen-bond donors (Lipinski definition) is 1. The Morgan fingerprint density at radius 3 is 2.48 bits per heavy atom. The summed E-state index contributed by atoms with van der Waals surface area (Å²) in [5.41, 5.74) is 2.58. The first kappa shape index (κ1) is 23.2. The third kappa shape index (κ3) is 5.02. The fourth-order valence-corrected chi connectivity index (χ4v) is 5.33. The van der Waals surface area contributed by atoms with Gasteiger partial charge in [0.1, 0.15) is 11.0 Å². The highest BCUT2D eigenvalue weighted by atomic mass is 35.5. The van der Waals surface area contributed by atoms with Gasteiger partial charge in [0, 0.05) is 22.0 Å². The summed E-state index contributed by atoms with van der Waals surface area (Å²) in [6.07, 6.45) is 0. The van der Waals surface area contributed by atoms with E-state index in [1.54, 1.807) is 18.9 Å². The highest BCUT2D eigenvalue weighted by Gasteiger charge is 2.39. The maximum atomic E-state index is 13.6. The lowest BCUT2D eigenvalue weighted by Gasteiger charge is -2.36. The number of para-hydroxylation sites is 2. The number of rotatable bonds is 7. The zero-order chi connectivity index (χ0) is 23.4. The number of fused-ring (bicyclic) bond motifs is 1. The molecule has 0 unspecified atom stereocenters. The Balaban J connectivity index is 1.54. The van der Waals surface area contributed by atoms with Crippen LogP contribution in [0.1, 0.15) is 18.1 Å². The number of nitrogens with zero attached hydrogens (tertiary/aromatic N) is 1. The van der Waals surface area contributed by atoms with E-state index in [1.807, 2.05) is 72.8 Å². The van der Waals surface area contributed by atoms with Crippen molar-refractivity contribution in [1.29, 1.82) is 0 Å². The van der Waals surface area contributed by atoms with E-state index in [-0.39, 0.29) is 11.8 Å². The molecule has 0 spiro atoms.